The minimum absolute atomic E-state index is 0.289. The molecular weight excluding hydrogens is 363 g/mol. The molecule has 0 bridgehead atoms. The van der Waals surface area contributed by atoms with Gasteiger partial charge in [-0.3, -0.25) is 9.59 Å². The first-order valence-corrected chi connectivity index (χ1v) is 8.48. The topological polar surface area (TPSA) is 65.5 Å². The van der Waals surface area contributed by atoms with Gasteiger partial charge in [-0.25, -0.2) is 4.98 Å². The zero-order chi connectivity index (χ0) is 17.8. The fraction of sp³-hybridized carbons (Fsp3) is 0.235. The van der Waals surface area contributed by atoms with Crippen LogP contribution in [-0.4, -0.2) is 48.4 Å². The number of pyridine rings is 1. The third kappa shape index (κ3) is 4.41. The Morgan fingerprint density at radius 2 is 1.76 bits per heavy atom. The second-order valence-corrected chi connectivity index (χ2v) is 6.52. The van der Waals surface area contributed by atoms with Crippen LogP contribution >= 0.6 is 23.2 Å². The number of nitrogens with one attached hydrogen (secondary N) is 1. The average molecular weight is 379 g/mol. The molecule has 0 saturated carbocycles. The maximum absolute atomic E-state index is 12.3. The van der Waals surface area contributed by atoms with Crippen LogP contribution in [0.5, 0.6) is 0 Å². The van der Waals surface area contributed by atoms with Crippen molar-refractivity contribution < 1.29 is 9.59 Å². The Morgan fingerprint density at radius 3 is 2.32 bits per heavy atom. The number of halogens is 2. The Balaban J connectivity index is 1.65. The lowest BCUT2D eigenvalue weighted by Crippen LogP contribution is -2.46. The number of nitrogens with zero attached hydrogens (tertiary/aromatic N) is 3. The molecule has 1 aliphatic rings. The first-order chi connectivity index (χ1) is 12.0. The van der Waals surface area contributed by atoms with Gasteiger partial charge in [-0.15, -0.1) is 0 Å². The fourth-order valence-electron chi connectivity index (χ4n) is 2.59. The minimum atomic E-state index is -0.289. The number of benzene rings is 1. The zero-order valence-corrected chi connectivity index (χ0v) is 14.8. The van der Waals surface area contributed by atoms with Crippen LogP contribution in [0.15, 0.2) is 36.5 Å². The van der Waals surface area contributed by atoms with Crippen molar-refractivity contribution in [3.63, 3.8) is 0 Å². The van der Waals surface area contributed by atoms with E-state index in [4.69, 9.17) is 23.2 Å². The number of rotatable bonds is 4. The molecule has 0 radical (unpaired) electrons. The van der Waals surface area contributed by atoms with Crippen LogP contribution in [-0.2, 0) is 4.79 Å². The predicted molar refractivity (Wildman–Crippen MR) is 98.5 cm³/mol. The smallest absolute Gasteiger partial charge is 0.257 e. The van der Waals surface area contributed by atoms with Gasteiger partial charge in [0, 0.05) is 48.1 Å². The second-order valence-electron chi connectivity index (χ2n) is 5.65. The third-order valence-corrected chi connectivity index (χ3v) is 4.35. The lowest BCUT2D eigenvalue weighted by molar-refractivity contribution is -0.118. The quantitative estimate of drug-likeness (QED) is 0.830. The van der Waals surface area contributed by atoms with Crippen molar-refractivity contribution in [2.45, 2.75) is 0 Å². The van der Waals surface area contributed by atoms with Crippen molar-refractivity contribution in [1.29, 1.82) is 0 Å². The highest BCUT2D eigenvalue weighted by Crippen LogP contribution is 2.23. The van der Waals surface area contributed by atoms with Gasteiger partial charge in [0.05, 0.1) is 5.56 Å². The Kier molecular flexibility index (Phi) is 5.40. The first-order valence-electron chi connectivity index (χ1n) is 7.73. The third-order valence-electron chi connectivity index (χ3n) is 3.92. The van der Waals surface area contributed by atoms with Gasteiger partial charge in [-0.05, 0) is 30.3 Å². The monoisotopic (exact) mass is 378 g/mol. The highest BCUT2D eigenvalue weighted by molar-refractivity contribution is 6.35. The molecule has 6 nitrogen and oxygen atoms in total. The predicted octanol–water partition coefficient (Wildman–Crippen LogP) is 2.92. The van der Waals surface area contributed by atoms with Gasteiger partial charge in [0.2, 0.25) is 6.41 Å². The fourth-order valence-corrected chi connectivity index (χ4v) is 3.12. The summed E-state index contributed by atoms with van der Waals surface area (Å²) in [5, 5.41) is 3.64. The van der Waals surface area contributed by atoms with Crippen molar-refractivity contribution >= 4 is 47.0 Å². The van der Waals surface area contributed by atoms with Gasteiger partial charge in [-0.1, -0.05) is 23.2 Å². The molecule has 25 heavy (non-hydrogen) atoms. The molecule has 3 rings (SSSR count). The largest absolute Gasteiger partial charge is 0.353 e. The maximum Gasteiger partial charge on any atom is 0.257 e. The van der Waals surface area contributed by atoms with Crippen molar-refractivity contribution in [3.05, 3.63) is 52.1 Å². The van der Waals surface area contributed by atoms with E-state index in [-0.39, 0.29) is 5.91 Å². The van der Waals surface area contributed by atoms with Gasteiger partial charge >= 0.3 is 0 Å². The number of aromatic nitrogens is 1. The molecule has 1 fully saturated rings. The van der Waals surface area contributed by atoms with E-state index in [0.717, 1.165) is 25.3 Å². The summed E-state index contributed by atoms with van der Waals surface area (Å²) in [4.78, 5) is 31.2. The molecular formula is C17H16Cl2N4O2. The number of hydrogen-bond acceptors (Lipinski definition) is 4. The van der Waals surface area contributed by atoms with Crippen LogP contribution in [0.1, 0.15) is 10.4 Å². The summed E-state index contributed by atoms with van der Waals surface area (Å²) in [5.74, 6) is 0.496. The molecule has 0 unspecified atom stereocenters. The van der Waals surface area contributed by atoms with Crippen LogP contribution < -0.4 is 10.2 Å². The van der Waals surface area contributed by atoms with Crippen molar-refractivity contribution in [1.82, 2.24) is 9.88 Å². The van der Waals surface area contributed by atoms with E-state index in [1.807, 2.05) is 0 Å². The Bertz CT molecular complexity index is 754. The highest BCUT2D eigenvalue weighted by atomic mass is 35.5. The summed E-state index contributed by atoms with van der Waals surface area (Å²) in [6.07, 6.45) is 2.39. The molecule has 2 amide bonds. The standard InChI is InChI=1S/C17H16Cl2N4O2/c18-13-7-14(19)9-15(8-13)21-17(25)12-1-2-16(20-10-12)23-5-3-22(11-24)4-6-23/h1-2,7-11H,3-6H2,(H,21,25). The Labute approximate surface area is 155 Å². The second kappa shape index (κ2) is 7.72. The van der Waals surface area contributed by atoms with E-state index in [1.54, 1.807) is 35.2 Å². The summed E-state index contributed by atoms with van der Waals surface area (Å²) in [7, 11) is 0. The van der Waals surface area contributed by atoms with E-state index >= 15 is 0 Å². The van der Waals surface area contributed by atoms with Gasteiger partial charge in [0.15, 0.2) is 0 Å². The van der Waals surface area contributed by atoms with Crippen molar-refractivity contribution in [2.75, 3.05) is 36.4 Å². The van der Waals surface area contributed by atoms with Crippen molar-refractivity contribution in [3.8, 4) is 0 Å². The summed E-state index contributed by atoms with van der Waals surface area (Å²) in [6.45, 7) is 2.78. The van der Waals surface area contributed by atoms with Crippen LogP contribution in [0.25, 0.3) is 0 Å². The molecule has 1 aliphatic heterocycles. The highest BCUT2D eigenvalue weighted by Gasteiger charge is 2.17. The summed E-state index contributed by atoms with van der Waals surface area (Å²) in [6, 6.07) is 8.37. The molecule has 1 aromatic heterocycles. The normalized spacial score (nSPS) is 14.3. The molecule has 0 atom stereocenters. The lowest BCUT2D eigenvalue weighted by Gasteiger charge is -2.33. The molecule has 1 aromatic carbocycles. The van der Waals surface area contributed by atoms with E-state index in [2.05, 4.69) is 15.2 Å². The maximum atomic E-state index is 12.3. The van der Waals surface area contributed by atoms with Crippen LogP contribution in [0, 0.1) is 0 Å². The molecule has 1 saturated heterocycles. The van der Waals surface area contributed by atoms with Gasteiger partial charge < -0.3 is 15.1 Å². The number of piperazine rings is 1. The molecule has 1 N–H and O–H groups in total. The number of anilines is 2. The minimum Gasteiger partial charge on any atom is -0.353 e. The van der Waals surface area contributed by atoms with Gasteiger partial charge in [0.1, 0.15) is 5.82 Å². The average Bonchev–Trinajstić information content (AvgIpc) is 2.61. The molecule has 0 aliphatic carbocycles. The Morgan fingerprint density at radius 1 is 1.08 bits per heavy atom. The summed E-state index contributed by atoms with van der Waals surface area (Å²) >= 11 is 11.9. The van der Waals surface area contributed by atoms with E-state index < -0.39 is 0 Å². The molecule has 8 heteroatoms. The molecule has 2 heterocycles. The van der Waals surface area contributed by atoms with Crippen LogP contribution in [0.3, 0.4) is 0 Å². The van der Waals surface area contributed by atoms with Crippen molar-refractivity contribution in [2.24, 2.45) is 0 Å². The number of carbonyl (C=O) groups is 2. The summed E-state index contributed by atoms with van der Waals surface area (Å²) < 4.78 is 0. The summed E-state index contributed by atoms with van der Waals surface area (Å²) in [5.41, 5.74) is 0.961. The molecule has 2 aromatic rings. The number of hydrogen-bond donors (Lipinski definition) is 1. The zero-order valence-electron chi connectivity index (χ0n) is 13.3. The molecule has 0 spiro atoms. The van der Waals surface area contributed by atoms with Gasteiger partial charge in [0.25, 0.3) is 5.91 Å². The Hall–Kier alpha value is -2.31. The lowest BCUT2D eigenvalue weighted by atomic mass is 10.2. The van der Waals surface area contributed by atoms with Gasteiger partial charge in [-0.2, -0.15) is 0 Å². The number of carbonyl (C=O) groups excluding carboxylic acids is 2. The first kappa shape index (κ1) is 17.5. The molecule has 130 valence electrons. The van der Waals surface area contributed by atoms with Crippen LogP contribution in [0.2, 0.25) is 10.0 Å². The van der Waals surface area contributed by atoms with E-state index in [0.29, 0.717) is 34.4 Å². The van der Waals surface area contributed by atoms with Crippen LogP contribution in [0.4, 0.5) is 11.5 Å². The number of amides is 2. The SMILES string of the molecule is O=CN1CCN(c2ccc(C(=O)Nc3cc(Cl)cc(Cl)c3)cn2)CC1. The van der Waals surface area contributed by atoms with E-state index in [1.165, 1.54) is 6.20 Å². The van der Waals surface area contributed by atoms with E-state index in [9.17, 15) is 9.59 Å².